The second-order valence-electron chi connectivity index (χ2n) is 5.95. The molecule has 0 aliphatic heterocycles. The second-order valence-corrected chi connectivity index (χ2v) is 7.24. The van der Waals surface area contributed by atoms with Gasteiger partial charge in [0.25, 0.3) is 11.6 Å². The first kappa shape index (κ1) is 18.8. The largest absolute Gasteiger partial charge is 0.298 e. The van der Waals surface area contributed by atoms with Crippen molar-refractivity contribution in [3.05, 3.63) is 87.0 Å². The first-order valence-electron chi connectivity index (χ1n) is 8.32. The molecule has 0 saturated carbocycles. The maximum Gasteiger partial charge on any atom is 0.269 e. The molecular formula is C19H12ClN5O3S. The Morgan fingerprint density at radius 3 is 2.55 bits per heavy atom. The van der Waals surface area contributed by atoms with Crippen LogP contribution in [-0.2, 0) is 0 Å². The lowest BCUT2D eigenvalue weighted by Crippen LogP contribution is -2.10. The van der Waals surface area contributed by atoms with Crippen LogP contribution >= 0.6 is 22.9 Å². The van der Waals surface area contributed by atoms with Gasteiger partial charge in [0.2, 0.25) is 0 Å². The summed E-state index contributed by atoms with van der Waals surface area (Å²) in [7, 11) is 0. The Hall–Kier alpha value is -3.56. The predicted molar refractivity (Wildman–Crippen MR) is 111 cm³/mol. The molecule has 0 saturated heterocycles. The van der Waals surface area contributed by atoms with E-state index in [-0.39, 0.29) is 11.6 Å². The smallest absolute Gasteiger partial charge is 0.269 e. The third-order valence-corrected chi connectivity index (χ3v) is 5.04. The molecule has 0 atom stereocenters. The van der Waals surface area contributed by atoms with Crippen LogP contribution in [0.2, 0.25) is 5.02 Å². The van der Waals surface area contributed by atoms with Crippen molar-refractivity contribution in [1.82, 2.24) is 14.8 Å². The van der Waals surface area contributed by atoms with E-state index in [1.807, 2.05) is 17.5 Å². The first-order chi connectivity index (χ1) is 14.0. The van der Waals surface area contributed by atoms with Crippen LogP contribution in [0.1, 0.15) is 10.4 Å². The van der Waals surface area contributed by atoms with Gasteiger partial charge >= 0.3 is 0 Å². The van der Waals surface area contributed by atoms with Gasteiger partial charge in [-0.15, -0.1) is 11.3 Å². The fraction of sp³-hybridized carbons (Fsp3) is 0. The molecule has 144 valence electrons. The Labute approximate surface area is 173 Å². The zero-order chi connectivity index (χ0) is 20.4. The Morgan fingerprint density at radius 2 is 1.86 bits per heavy atom. The molecule has 29 heavy (non-hydrogen) atoms. The number of non-ortho nitro benzene ring substituents is 1. The number of carbonyl (C=O) groups excluding carboxylic acids is 1. The molecule has 0 bridgehead atoms. The summed E-state index contributed by atoms with van der Waals surface area (Å²) in [6.07, 6.45) is 2.97. The number of anilines is 1. The van der Waals surface area contributed by atoms with E-state index in [9.17, 15) is 14.9 Å². The van der Waals surface area contributed by atoms with Gasteiger partial charge in [-0.05, 0) is 24.3 Å². The summed E-state index contributed by atoms with van der Waals surface area (Å²) in [6.45, 7) is 0. The molecule has 2 heterocycles. The highest BCUT2D eigenvalue weighted by atomic mass is 35.5. The van der Waals surface area contributed by atoms with Crippen molar-refractivity contribution in [3.63, 3.8) is 0 Å². The molecule has 4 aromatic rings. The van der Waals surface area contributed by atoms with Crippen LogP contribution in [0.3, 0.4) is 0 Å². The minimum absolute atomic E-state index is 0.0147. The van der Waals surface area contributed by atoms with Crippen molar-refractivity contribution in [1.29, 1.82) is 0 Å². The number of carbonyl (C=O) groups is 1. The number of thiazole rings is 1. The van der Waals surface area contributed by atoms with E-state index in [2.05, 4.69) is 15.4 Å². The summed E-state index contributed by atoms with van der Waals surface area (Å²) >= 11 is 7.21. The Balaban J connectivity index is 1.47. The lowest BCUT2D eigenvalue weighted by molar-refractivity contribution is -0.384. The molecule has 1 amide bonds. The number of nitro benzene ring substituents is 1. The monoisotopic (exact) mass is 425 g/mol. The number of nitrogens with one attached hydrogen (secondary N) is 1. The van der Waals surface area contributed by atoms with E-state index < -0.39 is 4.92 Å². The number of nitro groups is 1. The maximum atomic E-state index is 12.5. The number of hydrogen-bond donors (Lipinski definition) is 1. The highest BCUT2D eigenvalue weighted by Gasteiger charge is 2.13. The quantitative estimate of drug-likeness (QED) is 0.365. The number of nitrogens with zero attached hydrogens (tertiary/aromatic N) is 4. The van der Waals surface area contributed by atoms with Gasteiger partial charge in [-0.3, -0.25) is 20.2 Å². The van der Waals surface area contributed by atoms with E-state index in [1.54, 1.807) is 30.5 Å². The SMILES string of the molecule is O=C(Nc1nc(-c2ccc(Cl)cc2)cs1)c1cnn(-c2ccc([N+](=O)[O-])cc2)c1. The fourth-order valence-electron chi connectivity index (χ4n) is 2.56. The average molecular weight is 426 g/mol. The van der Waals surface area contributed by atoms with Crippen molar-refractivity contribution in [3.8, 4) is 16.9 Å². The van der Waals surface area contributed by atoms with Crippen molar-refractivity contribution in [2.24, 2.45) is 0 Å². The van der Waals surface area contributed by atoms with Crippen molar-refractivity contribution in [2.75, 3.05) is 5.32 Å². The molecule has 8 nitrogen and oxygen atoms in total. The summed E-state index contributed by atoms with van der Waals surface area (Å²) in [4.78, 5) is 27.2. The van der Waals surface area contributed by atoms with Gasteiger partial charge in [0.15, 0.2) is 5.13 Å². The minimum atomic E-state index is -0.474. The highest BCUT2D eigenvalue weighted by molar-refractivity contribution is 7.14. The number of rotatable bonds is 5. The molecule has 0 unspecified atom stereocenters. The maximum absolute atomic E-state index is 12.5. The number of halogens is 1. The molecule has 0 fully saturated rings. The highest BCUT2D eigenvalue weighted by Crippen LogP contribution is 2.26. The van der Waals surface area contributed by atoms with Gasteiger partial charge in [0, 0.05) is 34.3 Å². The lowest BCUT2D eigenvalue weighted by Gasteiger charge is -2.00. The Kier molecular flexibility index (Phi) is 5.07. The third-order valence-electron chi connectivity index (χ3n) is 4.03. The molecule has 1 N–H and O–H groups in total. The minimum Gasteiger partial charge on any atom is -0.298 e. The molecular weight excluding hydrogens is 414 g/mol. The van der Waals surface area contributed by atoms with E-state index in [0.29, 0.717) is 21.4 Å². The Bertz CT molecular complexity index is 1190. The topological polar surface area (TPSA) is 103 Å². The number of amides is 1. The molecule has 0 aliphatic carbocycles. The van der Waals surface area contributed by atoms with Crippen LogP contribution in [0.25, 0.3) is 16.9 Å². The van der Waals surface area contributed by atoms with Crippen LogP contribution in [-0.4, -0.2) is 25.6 Å². The molecule has 10 heteroatoms. The van der Waals surface area contributed by atoms with Gasteiger partial charge in [-0.1, -0.05) is 23.7 Å². The molecule has 2 aromatic heterocycles. The summed E-state index contributed by atoms with van der Waals surface area (Å²) in [5.74, 6) is -0.352. The van der Waals surface area contributed by atoms with E-state index in [1.165, 1.54) is 34.3 Å². The molecule has 0 aliphatic rings. The standard InChI is InChI=1S/C19H12ClN5O3S/c20-14-3-1-12(2-4-14)17-11-29-19(22-17)23-18(26)13-9-21-24(10-13)15-5-7-16(8-6-15)25(27)28/h1-11H,(H,22,23,26). The second kappa shape index (κ2) is 7.82. The number of hydrogen-bond acceptors (Lipinski definition) is 6. The summed E-state index contributed by atoms with van der Waals surface area (Å²) < 4.78 is 1.47. The summed E-state index contributed by atoms with van der Waals surface area (Å²) in [5.41, 5.74) is 2.57. The first-order valence-corrected chi connectivity index (χ1v) is 9.58. The number of aromatic nitrogens is 3. The van der Waals surface area contributed by atoms with Crippen LogP contribution in [0, 0.1) is 10.1 Å². The molecule has 4 rings (SSSR count). The Morgan fingerprint density at radius 1 is 1.14 bits per heavy atom. The average Bonchev–Trinajstić information content (AvgIpc) is 3.38. The van der Waals surface area contributed by atoms with Crippen molar-refractivity contribution in [2.45, 2.75) is 0 Å². The summed E-state index contributed by atoms with van der Waals surface area (Å²) in [5, 5.41) is 20.6. The number of benzene rings is 2. The third kappa shape index (κ3) is 4.15. The van der Waals surface area contributed by atoms with Crippen molar-refractivity contribution >= 4 is 39.7 Å². The van der Waals surface area contributed by atoms with E-state index in [4.69, 9.17) is 11.6 Å². The normalized spacial score (nSPS) is 10.7. The van der Waals surface area contributed by atoms with Crippen LogP contribution in [0.15, 0.2) is 66.3 Å². The predicted octanol–water partition coefficient (Wildman–Crippen LogP) is 4.81. The zero-order valence-corrected chi connectivity index (χ0v) is 16.2. The van der Waals surface area contributed by atoms with Gasteiger partial charge in [0.05, 0.1) is 28.1 Å². The lowest BCUT2D eigenvalue weighted by atomic mass is 10.2. The van der Waals surface area contributed by atoms with Crippen LogP contribution in [0.5, 0.6) is 0 Å². The van der Waals surface area contributed by atoms with E-state index in [0.717, 1.165) is 11.3 Å². The van der Waals surface area contributed by atoms with Gasteiger partial charge in [-0.25, -0.2) is 9.67 Å². The van der Waals surface area contributed by atoms with Gasteiger partial charge in [0.1, 0.15) is 0 Å². The summed E-state index contributed by atoms with van der Waals surface area (Å²) in [6, 6.07) is 13.2. The van der Waals surface area contributed by atoms with Gasteiger partial charge in [-0.2, -0.15) is 5.10 Å². The molecule has 0 radical (unpaired) electrons. The van der Waals surface area contributed by atoms with Gasteiger partial charge < -0.3 is 0 Å². The molecule has 0 spiro atoms. The van der Waals surface area contributed by atoms with Crippen LogP contribution in [0.4, 0.5) is 10.8 Å². The fourth-order valence-corrected chi connectivity index (χ4v) is 3.40. The van der Waals surface area contributed by atoms with Crippen LogP contribution < -0.4 is 5.32 Å². The zero-order valence-electron chi connectivity index (χ0n) is 14.7. The van der Waals surface area contributed by atoms with Crippen molar-refractivity contribution < 1.29 is 9.72 Å². The molecule has 2 aromatic carbocycles. The van der Waals surface area contributed by atoms with E-state index >= 15 is 0 Å².